The number of anilines is 1. The fourth-order valence-corrected chi connectivity index (χ4v) is 3.60. The molecule has 25 heavy (non-hydrogen) atoms. The van der Waals surface area contributed by atoms with Gasteiger partial charge in [-0.05, 0) is 24.3 Å². The fraction of sp³-hybridized carbons (Fsp3) is 0.294. The second kappa shape index (κ2) is 6.61. The van der Waals surface area contributed by atoms with Gasteiger partial charge >= 0.3 is 0 Å². The molecule has 0 bridgehead atoms. The lowest BCUT2D eigenvalue weighted by atomic mass is 9.93. The van der Waals surface area contributed by atoms with Gasteiger partial charge in [0.05, 0.1) is 16.8 Å². The minimum Gasteiger partial charge on any atom is -0.459 e. The van der Waals surface area contributed by atoms with Crippen LogP contribution < -0.4 is 11.1 Å². The van der Waals surface area contributed by atoms with Gasteiger partial charge < -0.3 is 20.4 Å². The molecule has 1 fully saturated rings. The molecule has 2 aliphatic heterocycles. The van der Waals surface area contributed by atoms with Crippen molar-refractivity contribution in [2.45, 2.75) is 18.5 Å². The van der Waals surface area contributed by atoms with Gasteiger partial charge in [0.25, 0.3) is 5.91 Å². The van der Waals surface area contributed by atoms with E-state index in [1.165, 1.54) is 6.26 Å². The Bertz CT molecular complexity index is 812. The summed E-state index contributed by atoms with van der Waals surface area (Å²) in [5.74, 6) is 0.717. The molecular formula is C17H18Cl2N4O2. The topological polar surface area (TPSA) is 83.9 Å². The number of amidine groups is 1. The summed E-state index contributed by atoms with van der Waals surface area (Å²) in [4.78, 5) is 18.8. The molecule has 3 heterocycles. The number of rotatable bonds is 1. The number of aliphatic imine (C=N–C) groups is 1. The second-order valence-electron chi connectivity index (χ2n) is 6.09. The van der Waals surface area contributed by atoms with E-state index in [1.54, 1.807) is 23.1 Å². The average Bonchev–Trinajstić information content (AvgIpc) is 3.09. The van der Waals surface area contributed by atoms with Crippen LogP contribution in [0.15, 0.2) is 46.0 Å². The van der Waals surface area contributed by atoms with E-state index in [0.29, 0.717) is 42.5 Å². The van der Waals surface area contributed by atoms with Crippen LogP contribution in [-0.4, -0.2) is 35.4 Å². The number of carbonyl (C=O) groups is 1. The van der Waals surface area contributed by atoms with Crippen LogP contribution in [0, 0.1) is 0 Å². The van der Waals surface area contributed by atoms with Gasteiger partial charge in [-0.15, -0.1) is 12.4 Å². The van der Waals surface area contributed by atoms with Crippen molar-refractivity contribution in [1.29, 1.82) is 0 Å². The van der Waals surface area contributed by atoms with E-state index < -0.39 is 5.66 Å². The van der Waals surface area contributed by atoms with Crippen LogP contribution in [0.25, 0.3) is 0 Å². The summed E-state index contributed by atoms with van der Waals surface area (Å²) in [6.07, 6.45) is 2.85. The number of halogens is 2. The number of furan rings is 1. The van der Waals surface area contributed by atoms with Crippen molar-refractivity contribution in [2.75, 3.05) is 18.4 Å². The van der Waals surface area contributed by atoms with E-state index in [-0.39, 0.29) is 18.3 Å². The SMILES string of the molecule is Cl.NC1=NC2(CCN(C(=O)c3ccco3)CC2)Nc2cccc(Cl)c21. The van der Waals surface area contributed by atoms with Crippen molar-refractivity contribution in [3.8, 4) is 0 Å². The maximum atomic E-state index is 12.4. The number of nitrogens with one attached hydrogen (secondary N) is 1. The van der Waals surface area contributed by atoms with Crippen molar-refractivity contribution >= 4 is 41.4 Å². The Morgan fingerprint density at radius 1 is 1.28 bits per heavy atom. The number of nitrogens with zero attached hydrogens (tertiary/aromatic N) is 2. The van der Waals surface area contributed by atoms with Gasteiger partial charge in [0, 0.05) is 31.6 Å². The lowest BCUT2D eigenvalue weighted by Gasteiger charge is -2.42. The summed E-state index contributed by atoms with van der Waals surface area (Å²) in [7, 11) is 0. The van der Waals surface area contributed by atoms with Crippen molar-refractivity contribution in [1.82, 2.24) is 4.90 Å². The third kappa shape index (κ3) is 3.07. The minimum absolute atomic E-state index is 0. The predicted molar refractivity (Wildman–Crippen MR) is 99.6 cm³/mol. The lowest BCUT2D eigenvalue weighted by molar-refractivity contribution is 0.0653. The van der Waals surface area contributed by atoms with Gasteiger partial charge in [0.2, 0.25) is 0 Å². The van der Waals surface area contributed by atoms with Crippen LogP contribution in [0.5, 0.6) is 0 Å². The number of amides is 1. The highest BCUT2D eigenvalue weighted by molar-refractivity contribution is 6.35. The molecule has 8 heteroatoms. The summed E-state index contributed by atoms with van der Waals surface area (Å²) in [5.41, 5.74) is 7.31. The van der Waals surface area contributed by atoms with Crippen molar-refractivity contribution in [3.05, 3.63) is 52.9 Å². The van der Waals surface area contributed by atoms with E-state index in [1.807, 2.05) is 12.1 Å². The summed E-state index contributed by atoms with van der Waals surface area (Å²) < 4.78 is 5.19. The van der Waals surface area contributed by atoms with Crippen molar-refractivity contribution in [2.24, 2.45) is 10.7 Å². The van der Waals surface area contributed by atoms with Gasteiger partial charge in [-0.1, -0.05) is 17.7 Å². The first-order valence-corrected chi connectivity index (χ1v) is 8.21. The van der Waals surface area contributed by atoms with E-state index in [9.17, 15) is 4.79 Å². The first-order chi connectivity index (χ1) is 11.6. The third-order valence-corrected chi connectivity index (χ3v) is 4.90. The summed E-state index contributed by atoms with van der Waals surface area (Å²) >= 11 is 6.22. The summed E-state index contributed by atoms with van der Waals surface area (Å²) in [6.45, 7) is 1.17. The molecule has 0 saturated carbocycles. The average molecular weight is 381 g/mol. The molecule has 1 amide bonds. The number of hydrogen-bond donors (Lipinski definition) is 2. The van der Waals surface area contributed by atoms with E-state index in [4.69, 9.17) is 21.8 Å². The first-order valence-electron chi connectivity index (χ1n) is 7.83. The molecule has 1 aromatic carbocycles. The molecule has 2 aromatic rings. The molecular weight excluding hydrogens is 363 g/mol. The van der Waals surface area contributed by atoms with E-state index in [2.05, 4.69) is 10.3 Å². The smallest absolute Gasteiger partial charge is 0.289 e. The van der Waals surface area contributed by atoms with Gasteiger partial charge in [0.1, 0.15) is 11.5 Å². The molecule has 0 atom stereocenters. The lowest BCUT2D eigenvalue weighted by Crippen LogP contribution is -2.52. The van der Waals surface area contributed by atoms with E-state index >= 15 is 0 Å². The van der Waals surface area contributed by atoms with Gasteiger partial charge in [-0.2, -0.15) is 0 Å². The molecule has 1 saturated heterocycles. The number of hydrogen-bond acceptors (Lipinski definition) is 5. The van der Waals surface area contributed by atoms with Crippen LogP contribution in [-0.2, 0) is 0 Å². The third-order valence-electron chi connectivity index (χ3n) is 4.58. The quantitative estimate of drug-likeness (QED) is 0.795. The zero-order valence-electron chi connectivity index (χ0n) is 13.4. The molecule has 132 valence electrons. The highest BCUT2D eigenvalue weighted by Crippen LogP contribution is 2.36. The molecule has 3 N–H and O–H groups in total. The highest BCUT2D eigenvalue weighted by atomic mass is 35.5. The summed E-state index contributed by atoms with van der Waals surface area (Å²) in [6, 6.07) is 9.03. The molecule has 1 aromatic heterocycles. The molecule has 0 aliphatic carbocycles. The second-order valence-corrected chi connectivity index (χ2v) is 6.49. The summed E-state index contributed by atoms with van der Waals surface area (Å²) in [5, 5.41) is 4.05. The standard InChI is InChI=1S/C17H17ClN4O2.ClH/c18-11-3-1-4-12-14(11)15(19)21-17(20-12)6-8-22(9-7-17)16(23)13-5-2-10-24-13;/h1-5,10,20H,6-9H2,(H2,19,21);1H. The zero-order chi connectivity index (χ0) is 16.7. The van der Waals surface area contributed by atoms with Crippen LogP contribution in [0.3, 0.4) is 0 Å². The number of benzene rings is 1. The first kappa shape index (κ1) is 17.6. The predicted octanol–water partition coefficient (Wildman–Crippen LogP) is 3.12. The molecule has 2 aliphatic rings. The number of nitrogens with two attached hydrogens (primary N) is 1. The zero-order valence-corrected chi connectivity index (χ0v) is 14.9. The molecule has 4 rings (SSSR count). The van der Waals surface area contributed by atoms with Gasteiger partial charge in [-0.3, -0.25) is 4.79 Å². The Morgan fingerprint density at radius 2 is 2.04 bits per heavy atom. The number of piperidine rings is 1. The van der Waals surface area contributed by atoms with E-state index in [0.717, 1.165) is 11.3 Å². The number of likely N-dealkylation sites (tertiary alicyclic amines) is 1. The molecule has 0 unspecified atom stereocenters. The largest absolute Gasteiger partial charge is 0.459 e. The number of carbonyl (C=O) groups excluding carboxylic acids is 1. The van der Waals surface area contributed by atoms with Gasteiger partial charge in [-0.25, -0.2) is 4.99 Å². The maximum absolute atomic E-state index is 12.4. The Hall–Kier alpha value is -2.18. The highest BCUT2D eigenvalue weighted by Gasteiger charge is 2.39. The molecule has 6 nitrogen and oxygen atoms in total. The maximum Gasteiger partial charge on any atom is 0.289 e. The Balaban J connectivity index is 0.00000182. The normalized spacial score (nSPS) is 18.0. The van der Waals surface area contributed by atoms with Gasteiger partial charge in [0.15, 0.2) is 5.76 Å². The van der Waals surface area contributed by atoms with Crippen LogP contribution in [0.1, 0.15) is 29.0 Å². The van der Waals surface area contributed by atoms with Crippen molar-refractivity contribution < 1.29 is 9.21 Å². The minimum atomic E-state index is -0.484. The molecule has 1 spiro atoms. The fourth-order valence-electron chi connectivity index (χ4n) is 3.33. The van der Waals surface area contributed by atoms with Crippen LogP contribution >= 0.6 is 24.0 Å². The Kier molecular flexibility index (Phi) is 4.67. The Labute approximate surface area is 156 Å². The van der Waals surface area contributed by atoms with Crippen LogP contribution in [0.4, 0.5) is 5.69 Å². The Morgan fingerprint density at radius 3 is 2.72 bits per heavy atom. The monoisotopic (exact) mass is 380 g/mol. The molecule has 0 radical (unpaired) electrons. The van der Waals surface area contributed by atoms with Crippen molar-refractivity contribution in [3.63, 3.8) is 0 Å². The number of fused-ring (bicyclic) bond motifs is 1. The van der Waals surface area contributed by atoms with Crippen LogP contribution in [0.2, 0.25) is 5.02 Å².